The molecule has 2 N–H and O–H groups in total. The lowest BCUT2D eigenvalue weighted by molar-refractivity contribution is 0.553. The van der Waals surface area contributed by atoms with Crippen LogP contribution < -0.4 is 5.73 Å². The maximum Gasteiger partial charge on any atom is 0.0352 e. The van der Waals surface area contributed by atoms with Gasteiger partial charge in [0.1, 0.15) is 0 Å². The maximum absolute atomic E-state index is 6.14. The Morgan fingerprint density at radius 3 is 2.33 bits per heavy atom. The van der Waals surface area contributed by atoms with Crippen LogP contribution in [-0.4, -0.2) is 0 Å². The van der Waals surface area contributed by atoms with Gasteiger partial charge in [0.05, 0.1) is 0 Å². The zero-order valence-electron chi connectivity index (χ0n) is 12.3. The fourth-order valence-electron chi connectivity index (χ4n) is 2.24. The Bertz CT molecular complexity index is 336. The zero-order valence-corrected chi connectivity index (χ0v) is 12.3. The van der Waals surface area contributed by atoms with E-state index in [9.17, 15) is 0 Å². The number of rotatable bonds is 8. The van der Waals surface area contributed by atoms with E-state index in [4.69, 9.17) is 5.73 Å². The summed E-state index contributed by atoms with van der Waals surface area (Å²) < 4.78 is 0. The highest BCUT2D eigenvalue weighted by Crippen LogP contribution is 2.19. The molecule has 0 spiro atoms. The topological polar surface area (TPSA) is 26.0 Å². The second kappa shape index (κ2) is 7.58. The van der Waals surface area contributed by atoms with Gasteiger partial charge in [-0.1, -0.05) is 63.3 Å². The molecule has 18 heavy (non-hydrogen) atoms. The van der Waals surface area contributed by atoms with Crippen molar-refractivity contribution in [2.75, 3.05) is 0 Å². The summed E-state index contributed by atoms with van der Waals surface area (Å²) in [5, 5.41) is 0. The van der Waals surface area contributed by atoms with Gasteiger partial charge in [0.15, 0.2) is 0 Å². The highest BCUT2D eigenvalue weighted by molar-refractivity contribution is 5.28. The fraction of sp³-hybridized carbons (Fsp3) is 0.647. The van der Waals surface area contributed by atoms with Crippen molar-refractivity contribution < 1.29 is 0 Å². The van der Waals surface area contributed by atoms with Crippen molar-refractivity contribution >= 4 is 0 Å². The first-order valence-corrected chi connectivity index (χ1v) is 7.42. The van der Waals surface area contributed by atoms with E-state index < -0.39 is 0 Å². The Morgan fingerprint density at radius 2 is 1.67 bits per heavy atom. The quantitative estimate of drug-likeness (QED) is 0.657. The molecule has 1 aromatic carbocycles. The van der Waals surface area contributed by atoms with Crippen LogP contribution in [0, 0.1) is 0 Å². The monoisotopic (exact) mass is 247 g/mol. The van der Waals surface area contributed by atoms with Crippen LogP contribution in [0.25, 0.3) is 0 Å². The average molecular weight is 247 g/mol. The summed E-state index contributed by atoms with van der Waals surface area (Å²) in [6.45, 7) is 6.40. The van der Waals surface area contributed by atoms with Gasteiger partial charge in [-0.25, -0.2) is 0 Å². The molecule has 0 saturated heterocycles. The van der Waals surface area contributed by atoms with Gasteiger partial charge in [0.2, 0.25) is 0 Å². The van der Waals surface area contributed by atoms with E-state index in [0.29, 0.717) is 0 Å². The van der Waals surface area contributed by atoms with Gasteiger partial charge in [-0.2, -0.15) is 0 Å². The Labute approximate surface area is 113 Å². The van der Waals surface area contributed by atoms with Crippen molar-refractivity contribution in [3.05, 3.63) is 35.4 Å². The number of nitrogens with two attached hydrogens (primary N) is 1. The lowest BCUT2D eigenvalue weighted by Crippen LogP contribution is -2.28. The van der Waals surface area contributed by atoms with Gasteiger partial charge in [-0.15, -0.1) is 0 Å². The molecule has 0 radical (unpaired) electrons. The molecule has 1 nitrogen and oxygen atoms in total. The first-order valence-electron chi connectivity index (χ1n) is 7.42. The van der Waals surface area contributed by atoms with E-state index >= 15 is 0 Å². The number of hydrogen-bond donors (Lipinski definition) is 1. The molecule has 102 valence electrons. The molecule has 0 amide bonds. The fourth-order valence-corrected chi connectivity index (χ4v) is 2.24. The second-order valence-corrected chi connectivity index (χ2v) is 5.94. The van der Waals surface area contributed by atoms with Crippen LogP contribution in [0.15, 0.2) is 24.3 Å². The highest BCUT2D eigenvalue weighted by Gasteiger charge is 2.13. The Balaban J connectivity index is 2.34. The van der Waals surface area contributed by atoms with Crippen molar-refractivity contribution in [2.45, 2.75) is 71.3 Å². The molecule has 0 fully saturated rings. The molecule has 0 unspecified atom stereocenters. The van der Waals surface area contributed by atoms with Crippen LogP contribution in [0.4, 0.5) is 0 Å². The SMILES string of the molecule is CCCCCCCCc1cccc(C(C)(C)N)c1. The molecule has 0 atom stereocenters. The van der Waals surface area contributed by atoms with Crippen molar-refractivity contribution in [1.82, 2.24) is 0 Å². The lowest BCUT2D eigenvalue weighted by atomic mass is 9.93. The van der Waals surface area contributed by atoms with Crippen LogP contribution in [-0.2, 0) is 12.0 Å². The first kappa shape index (κ1) is 15.2. The molecule has 0 bridgehead atoms. The van der Waals surface area contributed by atoms with E-state index in [2.05, 4.69) is 45.0 Å². The van der Waals surface area contributed by atoms with Crippen LogP contribution >= 0.6 is 0 Å². The minimum atomic E-state index is -0.225. The summed E-state index contributed by atoms with van der Waals surface area (Å²) in [6.07, 6.45) is 9.34. The lowest BCUT2D eigenvalue weighted by Gasteiger charge is -2.19. The largest absolute Gasteiger partial charge is 0.322 e. The molecule has 1 heteroatoms. The van der Waals surface area contributed by atoms with Gasteiger partial charge >= 0.3 is 0 Å². The number of unbranched alkanes of at least 4 members (excludes halogenated alkanes) is 5. The molecule has 0 heterocycles. The average Bonchev–Trinajstić information content (AvgIpc) is 2.33. The van der Waals surface area contributed by atoms with E-state index in [-0.39, 0.29) is 5.54 Å². The third-order valence-electron chi connectivity index (χ3n) is 3.49. The summed E-state index contributed by atoms with van der Waals surface area (Å²) in [4.78, 5) is 0. The summed E-state index contributed by atoms with van der Waals surface area (Å²) in [6, 6.07) is 8.76. The molecule has 1 rings (SSSR count). The predicted molar refractivity (Wildman–Crippen MR) is 80.7 cm³/mol. The van der Waals surface area contributed by atoms with Crippen molar-refractivity contribution in [3.8, 4) is 0 Å². The van der Waals surface area contributed by atoms with E-state index in [1.165, 1.54) is 56.1 Å². The summed E-state index contributed by atoms with van der Waals surface area (Å²) in [5.74, 6) is 0. The van der Waals surface area contributed by atoms with Crippen molar-refractivity contribution in [2.24, 2.45) is 5.73 Å². The van der Waals surface area contributed by atoms with Gasteiger partial charge in [-0.3, -0.25) is 0 Å². The molecule has 1 aromatic rings. The molecule has 0 aromatic heterocycles. The summed E-state index contributed by atoms with van der Waals surface area (Å²) in [5.41, 5.74) is 8.58. The van der Waals surface area contributed by atoms with Crippen molar-refractivity contribution in [1.29, 1.82) is 0 Å². The molecule has 0 aliphatic rings. The normalized spacial score (nSPS) is 11.8. The molecule has 0 aliphatic carbocycles. The standard InChI is InChI=1S/C17H29N/c1-4-5-6-7-8-9-11-15-12-10-13-16(14-15)17(2,3)18/h10,12-14H,4-9,11,18H2,1-3H3. The number of hydrogen-bond acceptors (Lipinski definition) is 1. The minimum absolute atomic E-state index is 0.225. The predicted octanol–water partition coefficient (Wildman–Crippen LogP) is 4.78. The molecular weight excluding hydrogens is 218 g/mol. The molecule has 0 aliphatic heterocycles. The van der Waals surface area contributed by atoms with Crippen molar-refractivity contribution in [3.63, 3.8) is 0 Å². The van der Waals surface area contributed by atoms with Gasteiger partial charge in [-0.05, 0) is 37.8 Å². The third-order valence-corrected chi connectivity index (χ3v) is 3.49. The van der Waals surface area contributed by atoms with E-state index in [1.54, 1.807) is 0 Å². The summed E-state index contributed by atoms with van der Waals surface area (Å²) >= 11 is 0. The highest BCUT2D eigenvalue weighted by atomic mass is 14.7. The molecular formula is C17H29N. The Morgan fingerprint density at radius 1 is 1.00 bits per heavy atom. The Hall–Kier alpha value is -0.820. The Kier molecular flexibility index (Phi) is 6.42. The summed E-state index contributed by atoms with van der Waals surface area (Å²) in [7, 11) is 0. The second-order valence-electron chi connectivity index (χ2n) is 5.94. The number of aryl methyl sites for hydroxylation is 1. The van der Waals surface area contributed by atoms with Crippen LogP contribution in [0.3, 0.4) is 0 Å². The van der Waals surface area contributed by atoms with Crippen LogP contribution in [0.2, 0.25) is 0 Å². The van der Waals surface area contributed by atoms with E-state index in [0.717, 1.165) is 0 Å². The maximum atomic E-state index is 6.14. The molecule has 0 saturated carbocycles. The minimum Gasteiger partial charge on any atom is -0.322 e. The first-order chi connectivity index (χ1) is 8.54. The van der Waals surface area contributed by atoms with Gasteiger partial charge in [0, 0.05) is 5.54 Å². The number of benzene rings is 1. The van der Waals surface area contributed by atoms with Crippen LogP contribution in [0.1, 0.15) is 70.4 Å². The van der Waals surface area contributed by atoms with Gasteiger partial charge < -0.3 is 5.73 Å². The van der Waals surface area contributed by atoms with Gasteiger partial charge in [0.25, 0.3) is 0 Å². The van der Waals surface area contributed by atoms with Crippen LogP contribution in [0.5, 0.6) is 0 Å². The van der Waals surface area contributed by atoms with E-state index in [1.807, 2.05) is 0 Å². The zero-order chi connectivity index (χ0) is 13.4. The third kappa shape index (κ3) is 5.68. The smallest absolute Gasteiger partial charge is 0.0352 e.